The van der Waals surface area contributed by atoms with Gasteiger partial charge in [0.25, 0.3) is 0 Å². The van der Waals surface area contributed by atoms with Crippen molar-refractivity contribution in [2.75, 3.05) is 19.6 Å². The lowest BCUT2D eigenvalue weighted by molar-refractivity contribution is -0.131. The van der Waals surface area contributed by atoms with Crippen LogP contribution in [0.4, 0.5) is 0 Å². The monoisotopic (exact) mass is 428 g/mol. The number of rotatable bonds is 8. The highest BCUT2D eigenvalue weighted by Crippen LogP contribution is 2.37. The number of hydrogen-bond acceptors (Lipinski definition) is 4. The summed E-state index contributed by atoms with van der Waals surface area (Å²) in [6.07, 6.45) is 8.69. The molecule has 5 nitrogen and oxygen atoms in total. The molecule has 1 fully saturated rings. The zero-order valence-electron chi connectivity index (χ0n) is 18.8. The number of primary amides is 1. The number of likely N-dealkylation sites (tertiary alicyclic amines) is 1. The Kier molecular flexibility index (Phi) is 6.96. The Hall–Kier alpha value is -3.05. The lowest BCUT2D eigenvalue weighted by Crippen LogP contribution is -2.52. The molecule has 1 amide bonds. The van der Waals surface area contributed by atoms with E-state index in [4.69, 9.17) is 5.73 Å². The third-order valence-electron chi connectivity index (χ3n) is 6.84. The predicted octanol–water partition coefficient (Wildman–Crippen LogP) is 4.45. The molecule has 1 saturated heterocycles. The summed E-state index contributed by atoms with van der Waals surface area (Å²) in [5, 5.41) is 0. The van der Waals surface area contributed by atoms with Crippen LogP contribution in [0.3, 0.4) is 0 Å². The number of aromatic nitrogens is 2. The summed E-state index contributed by atoms with van der Waals surface area (Å²) in [4.78, 5) is 23.6. The highest BCUT2D eigenvalue weighted by molar-refractivity contribution is 5.82. The van der Waals surface area contributed by atoms with Gasteiger partial charge in [0, 0.05) is 24.5 Å². The number of carbonyl (C=O) groups is 1. The third-order valence-corrected chi connectivity index (χ3v) is 6.84. The summed E-state index contributed by atoms with van der Waals surface area (Å²) in [6, 6.07) is 18.9. The number of piperidine rings is 1. The minimum atomic E-state index is -0.556. The smallest absolute Gasteiger partial charge is 0.225 e. The highest BCUT2D eigenvalue weighted by atomic mass is 16.1. The summed E-state index contributed by atoms with van der Waals surface area (Å²) in [5.74, 6) is 0.289. The van der Waals surface area contributed by atoms with Gasteiger partial charge in [0.2, 0.25) is 5.91 Å². The topological polar surface area (TPSA) is 72.1 Å². The Labute approximate surface area is 190 Å². The van der Waals surface area contributed by atoms with E-state index in [9.17, 15) is 4.79 Å². The minimum Gasteiger partial charge on any atom is -0.369 e. The van der Waals surface area contributed by atoms with E-state index in [2.05, 4.69) is 64.3 Å². The molecule has 0 unspecified atom stereocenters. The van der Waals surface area contributed by atoms with Crippen LogP contribution in [0.5, 0.6) is 0 Å². The molecule has 5 heteroatoms. The maximum absolute atomic E-state index is 12.8. The maximum atomic E-state index is 12.8. The van der Waals surface area contributed by atoms with Gasteiger partial charge in [-0.15, -0.1) is 0 Å². The molecule has 2 heterocycles. The Morgan fingerprint density at radius 3 is 2.56 bits per heavy atom. The van der Waals surface area contributed by atoms with Crippen molar-refractivity contribution in [1.29, 1.82) is 0 Å². The van der Waals surface area contributed by atoms with Crippen molar-refractivity contribution in [3.8, 4) is 11.1 Å². The number of amides is 1. The van der Waals surface area contributed by atoms with E-state index in [1.807, 2.05) is 24.5 Å². The van der Waals surface area contributed by atoms with Crippen LogP contribution in [0.25, 0.3) is 11.1 Å². The molecule has 0 spiro atoms. The van der Waals surface area contributed by atoms with E-state index < -0.39 is 5.41 Å². The molecule has 1 aromatic heterocycles. The van der Waals surface area contributed by atoms with Gasteiger partial charge in [-0.2, -0.15) is 0 Å². The fourth-order valence-corrected chi connectivity index (χ4v) is 4.93. The summed E-state index contributed by atoms with van der Waals surface area (Å²) in [6.45, 7) is 4.98. The number of nitrogens with zero attached hydrogens (tertiary/aromatic N) is 3. The zero-order valence-corrected chi connectivity index (χ0v) is 18.8. The molecule has 0 bridgehead atoms. The Bertz CT molecular complexity index is 1020. The molecular formula is C27H32N4O. The van der Waals surface area contributed by atoms with Gasteiger partial charge in [-0.05, 0) is 61.4 Å². The van der Waals surface area contributed by atoms with Gasteiger partial charge in [0.1, 0.15) is 6.33 Å². The van der Waals surface area contributed by atoms with Crippen LogP contribution >= 0.6 is 0 Å². The molecule has 0 aliphatic carbocycles. The van der Waals surface area contributed by atoms with E-state index >= 15 is 0 Å². The first kappa shape index (κ1) is 22.2. The zero-order chi connectivity index (χ0) is 22.4. The summed E-state index contributed by atoms with van der Waals surface area (Å²) >= 11 is 0. The minimum absolute atomic E-state index is 0.197. The van der Waals surface area contributed by atoms with Crippen molar-refractivity contribution in [3.05, 3.63) is 84.4 Å². The van der Waals surface area contributed by atoms with Crippen LogP contribution in [0.1, 0.15) is 43.2 Å². The van der Waals surface area contributed by atoms with Crippen LogP contribution < -0.4 is 5.73 Å². The van der Waals surface area contributed by atoms with Crippen LogP contribution in [0, 0.1) is 5.41 Å². The lowest BCUT2D eigenvalue weighted by Gasteiger charge is -2.41. The van der Waals surface area contributed by atoms with Crippen LogP contribution in [0.15, 0.2) is 73.3 Å². The van der Waals surface area contributed by atoms with Crippen molar-refractivity contribution < 1.29 is 4.79 Å². The van der Waals surface area contributed by atoms with Crippen LogP contribution in [0.2, 0.25) is 0 Å². The molecule has 0 radical (unpaired) electrons. The Morgan fingerprint density at radius 1 is 1.09 bits per heavy atom. The van der Waals surface area contributed by atoms with E-state index in [1.54, 1.807) is 0 Å². The van der Waals surface area contributed by atoms with Gasteiger partial charge in [0.05, 0.1) is 5.41 Å². The predicted molar refractivity (Wildman–Crippen MR) is 128 cm³/mol. The number of carbonyl (C=O) groups excluding carboxylic acids is 1. The second kappa shape index (κ2) is 10.0. The third kappa shape index (κ3) is 5.05. The molecule has 1 aliphatic heterocycles. The standard InChI is InChI=1S/C27H32N4O/c1-21(22-8-3-2-4-9-22)12-15-31-14-7-13-27(19-31,26(28)32)16-23-10-5-6-11-25(23)24-17-29-20-30-18-24/h2-6,8-11,17-18,20-21H,7,12-16,19H2,1H3,(H2,28,32)/t21-,27+/m1/s1. The van der Waals surface area contributed by atoms with Crippen molar-refractivity contribution >= 4 is 5.91 Å². The lowest BCUT2D eigenvalue weighted by atomic mass is 9.73. The summed E-state index contributed by atoms with van der Waals surface area (Å²) in [5.41, 5.74) is 10.0. The van der Waals surface area contributed by atoms with Gasteiger partial charge in [-0.3, -0.25) is 4.79 Å². The maximum Gasteiger partial charge on any atom is 0.225 e. The normalized spacial score (nSPS) is 20.0. The first-order chi connectivity index (χ1) is 15.6. The van der Waals surface area contributed by atoms with Gasteiger partial charge < -0.3 is 10.6 Å². The van der Waals surface area contributed by atoms with Gasteiger partial charge in [-0.25, -0.2) is 9.97 Å². The van der Waals surface area contributed by atoms with E-state index in [-0.39, 0.29) is 5.91 Å². The van der Waals surface area contributed by atoms with Crippen molar-refractivity contribution in [2.24, 2.45) is 11.1 Å². The molecule has 1 aliphatic rings. The average molecular weight is 429 g/mol. The fraction of sp³-hybridized carbons (Fsp3) is 0.370. The van der Waals surface area contributed by atoms with Gasteiger partial charge in [0.15, 0.2) is 0 Å². The van der Waals surface area contributed by atoms with Crippen molar-refractivity contribution in [2.45, 2.75) is 38.5 Å². The molecule has 32 heavy (non-hydrogen) atoms. The quantitative estimate of drug-likeness (QED) is 0.575. The number of nitrogens with two attached hydrogens (primary N) is 1. The second-order valence-corrected chi connectivity index (χ2v) is 9.09. The summed E-state index contributed by atoms with van der Waals surface area (Å²) in [7, 11) is 0. The number of benzene rings is 2. The Balaban J connectivity index is 1.50. The van der Waals surface area contributed by atoms with E-state index in [0.29, 0.717) is 18.9 Å². The first-order valence-corrected chi connectivity index (χ1v) is 11.5. The first-order valence-electron chi connectivity index (χ1n) is 11.5. The number of hydrogen-bond donors (Lipinski definition) is 1. The molecule has 4 rings (SSSR count). The van der Waals surface area contributed by atoms with Crippen LogP contribution in [-0.2, 0) is 11.2 Å². The molecule has 2 aromatic carbocycles. The molecule has 166 valence electrons. The van der Waals surface area contributed by atoms with Gasteiger partial charge in [-0.1, -0.05) is 61.5 Å². The average Bonchev–Trinajstić information content (AvgIpc) is 2.84. The second-order valence-electron chi connectivity index (χ2n) is 9.09. The van der Waals surface area contributed by atoms with E-state index in [1.165, 1.54) is 11.9 Å². The van der Waals surface area contributed by atoms with Crippen molar-refractivity contribution in [1.82, 2.24) is 14.9 Å². The fourth-order valence-electron chi connectivity index (χ4n) is 4.93. The Morgan fingerprint density at radius 2 is 1.81 bits per heavy atom. The SMILES string of the molecule is C[C@H](CCN1CCC[C@@](Cc2ccccc2-c2cncnc2)(C(N)=O)C1)c1ccccc1. The van der Waals surface area contributed by atoms with Crippen molar-refractivity contribution in [3.63, 3.8) is 0 Å². The van der Waals surface area contributed by atoms with E-state index in [0.717, 1.165) is 49.0 Å². The summed E-state index contributed by atoms with van der Waals surface area (Å²) < 4.78 is 0. The molecule has 0 saturated carbocycles. The molecule has 2 atom stereocenters. The highest BCUT2D eigenvalue weighted by Gasteiger charge is 2.41. The van der Waals surface area contributed by atoms with Crippen LogP contribution in [-0.4, -0.2) is 40.4 Å². The molecular weight excluding hydrogens is 396 g/mol. The van der Waals surface area contributed by atoms with Gasteiger partial charge >= 0.3 is 0 Å². The largest absolute Gasteiger partial charge is 0.369 e. The molecule has 3 aromatic rings. The molecule has 2 N–H and O–H groups in total.